The normalized spacial score (nSPS) is 17.6. The van der Waals surface area contributed by atoms with Crippen molar-refractivity contribution in [1.82, 2.24) is 10.4 Å². The van der Waals surface area contributed by atoms with Gasteiger partial charge in [0.05, 0.1) is 6.61 Å². The van der Waals surface area contributed by atoms with Gasteiger partial charge in [-0.05, 0) is 24.0 Å². The number of aliphatic hydroxyl groups is 1. The molecule has 1 aromatic rings. The summed E-state index contributed by atoms with van der Waals surface area (Å²) in [7, 11) is 0. The van der Waals surface area contributed by atoms with Gasteiger partial charge in [-0.15, -0.1) is 0 Å². The predicted molar refractivity (Wildman–Crippen MR) is 64.6 cm³/mol. The lowest BCUT2D eigenvalue weighted by atomic mass is 10.1. The summed E-state index contributed by atoms with van der Waals surface area (Å²) in [6, 6.07) is 8.04. The summed E-state index contributed by atoms with van der Waals surface area (Å²) in [5, 5.41) is 11.5. The van der Waals surface area contributed by atoms with E-state index in [1.165, 1.54) is 24.8 Å². The molecule has 0 saturated carbocycles. The van der Waals surface area contributed by atoms with E-state index in [2.05, 4.69) is 16.5 Å². The molecule has 3 heteroatoms. The standard InChI is InChI=1S/C13H20N2O/c16-11-13-7-3-2-6-12(13)10-14-15-8-4-1-5-9-15/h2-3,6-7,14,16H,1,4-5,8-11H2. The molecule has 16 heavy (non-hydrogen) atoms. The molecule has 1 aromatic carbocycles. The molecule has 1 heterocycles. The lowest BCUT2D eigenvalue weighted by Crippen LogP contribution is -2.41. The Labute approximate surface area is 97.1 Å². The third kappa shape index (κ3) is 3.04. The van der Waals surface area contributed by atoms with Crippen LogP contribution in [-0.2, 0) is 13.2 Å². The zero-order valence-electron chi connectivity index (χ0n) is 9.65. The lowest BCUT2D eigenvalue weighted by molar-refractivity contribution is 0.150. The second-order valence-electron chi connectivity index (χ2n) is 4.31. The average molecular weight is 220 g/mol. The number of hydrazine groups is 1. The maximum absolute atomic E-state index is 9.21. The summed E-state index contributed by atoms with van der Waals surface area (Å²) in [6.45, 7) is 3.22. The number of hydrogen-bond donors (Lipinski definition) is 2. The van der Waals surface area contributed by atoms with Crippen molar-refractivity contribution in [2.24, 2.45) is 0 Å². The molecule has 88 valence electrons. The van der Waals surface area contributed by atoms with E-state index in [1.54, 1.807) is 0 Å². The Bertz CT molecular complexity index is 321. The van der Waals surface area contributed by atoms with Crippen LogP contribution in [0.4, 0.5) is 0 Å². The van der Waals surface area contributed by atoms with Gasteiger partial charge in [-0.1, -0.05) is 30.7 Å². The minimum absolute atomic E-state index is 0.123. The number of hydrogen-bond acceptors (Lipinski definition) is 3. The predicted octanol–water partition coefficient (Wildman–Crippen LogP) is 1.67. The first-order valence-electron chi connectivity index (χ1n) is 6.06. The first-order chi connectivity index (χ1) is 7.90. The van der Waals surface area contributed by atoms with E-state index < -0.39 is 0 Å². The first-order valence-corrected chi connectivity index (χ1v) is 6.06. The van der Waals surface area contributed by atoms with Crippen molar-refractivity contribution in [3.05, 3.63) is 35.4 Å². The van der Waals surface area contributed by atoms with E-state index in [1.807, 2.05) is 18.2 Å². The van der Waals surface area contributed by atoms with Gasteiger partial charge in [0.15, 0.2) is 0 Å². The third-order valence-corrected chi connectivity index (χ3v) is 3.14. The Hall–Kier alpha value is -0.900. The van der Waals surface area contributed by atoms with Crippen molar-refractivity contribution in [2.45, 2.75) is 32.4 Å². The van der Waals surface area contributed by atoms with Crippen LogP contribution in [0.3, 0.4) is 0 Å². The summed E-state index contributed by atoms with van der Waals surface area (Å²) in [6.07, 6.45) is 3.93. The monoisotopic (exact) mass is 220 g/mol. The maximum Gasteiger partial charge on any atom is 0.0685 e. The molecular formula is C13H20N2O. The number of nitrogens with one attached hydrogen (secondary N) is 1. The van der Waals surface area contributed by atoms with Crippen LogP contribution >= 0.6 is 0 Å². The van der Waals surface area contributed by atoms with E-state index in [4.69, 9.17) is 0 Å². The van der Waals surface area contributed by atoms with Gasteiger partial charge in [0, 0.05) is 19.6 Å². The zero-order valence-corrected chi connectivity index (χ0v) is 9.65. The molecule has 1 saturated heterocycles. The largest absolute Gasteiger partial charge is 0.392 e. The molecule has 3 nitrogen and oxygen atoms in total. The van der Waals surface area contributed by atoms with Gasteiger partial charge in [-0.2, -0.15) is 0 Å². The smallest absolute Gasteiger partial charge is 0.0685 e. The van der Waals surface area contributed by atoms with E-state index in [0.717, 1.165) is 25.2 Å². The highest BCUT2D eigenvalue weighted by Gasteiger charge is 2.09. The molecule has 0 aliphatic carbocycles. The molecule has 1 aliphatic heterocycles. The summed E-state index contributed by atoms with van der Waals surface area (Å²) in [4.78, 5) is 0. The van der Waals surface area contributed by atoms with E-state index in [9.17, 15) is 5.11 Å². The highest BCUT2D eigenvalue weighted by molar-refractivity contribution is 5.26. The van der Waals surface area contributed by atoms with Crippen LogP contribution in [0.25, 0.3) is 0 Å². The van der Waals surface area contributed by atoms with Gasteiger partial charge in [0.25, 0.3) is 0 Å². The van der Waals surface area contributed by atoms with Gasteiger partial charge in [-0.25, -0.2) is 5.01 Å². The van der Waals surface area contributed by atoms with Gasteiger partial charge in [0.2, 0.25) is 0 Å². The quantitative estimate of drug-likeness (QED) is 0.810. The molecule has 0 unspecified atom stereocenters. The Morgan fingerprint density at radius 1 is 1.06 bits per heavy atom. The highest BCUT2D eigenvalue weighted by atomic mass is 16.3. The number of piperidine rings is 1. The SMILES string of the molecule is OCc1ccccc1CNN1CCCCC1. The van der Waals surface area contributed by atoms with Crippen molar-refractivity contribution >= 4 is 0 Å². The second kappa shape index (κ2) is 5.99. The van der Waals surface area contributed by atoms with Crippen molar-refractivity contribution in [1.29, 1.82) is 0 Å². The van der Waals surface area contributed by atoms with Crippen molar-refractivity contribution in [2.75, 3.05) is 13.1 Å². The summed E-state index contributed by atoms with van der Waals surface area (Å²) >= 11 is 0. The third-order valence-electron chi connectivity index (χ3n) is 3.14. The van der Waals surface area contributed by atoms with Crippen LogP contribution < -0.4 is 5.43 Å². The zero-order chi connectivity index (χ0) is 11.2. The van der Waals surface area contributed by atoms with Crippen LogP contribution in [0.15, 0.2) is 24.3 Å². The topological polar surface area (TPSA) is 35.5 Å². The molecule has 2 N–H and O–H groups in total. The molecule has 0 aromatic heterocycles. The molecule has 0 radical (unpaired) electrons. The van der Waals surface area contributed by atoms with E-state index in [-0.39, 0.29) is 6.61 Å². The summed E-state index contributed by atoms with van der Waals surface area (Å²) in [5.41, 5.74) is 5.65. The minimum atomic E-state index is 0.123. The van der Waals surface area contributed by atoms with Crippen molar-refractivity contribution in [3.63, 3.8) is 0 Å². The van der Waals surface area contributed by atoms with Crippen LogP contribution in [0.1, 0.15) is 30.4 Å². The molecule has 1 aliphatic rings. The van der Waals surface area contributed by atoms with Crippen LogP contribution in [0, 0.1) is 0 Å². The van der Waals surface area contributed by atoms with Gasteiger partial charge < -0.3 is 5.11 Å². The second-order valence-corrected chi connectivity index (χ2v) is 4.31. The minimum Gasteiger partial charge on any atom is -0.392 e. The molecule has 0 amide bonds. The fourth-order valence-electron chi connectivity index (χ4n) is 2.13. The van der Waals surface area contributed by atoms with Crippen LogP contribution in [-0.4, -0.2) is 23.2 Å². The molecule has 0 spiro atoms. The molecular weight excluding hydrogens is 200 g/mol. The Morgan fingerprint density at radius 2 is 1.75 bits per heavy atom. The van der Waals surface area contributed by atoms with Crippen molar-refractivity contribution in [3.8, 4) is 0 Å². The Kier molecular flexibility index (Phi) is 4.34. The Morgan fingerprint density at radius 3 is 2.44 bits per heavy atom. The van der Waals surface area contributed by atoms with Crippen molar-refractivity contribution < 1.29 is 5.11 Å². The first kappa shape index (κ1) is 11.6. The van der Waals surface area contributed by atoms with Gasteiger partial charge >= 0.3 is 0 Å². The number of benzene rings is 1. The summed E-state index contributed by atoms with van der Waals surface area (Å²) < 4.78 is 0. The molecule has 2 rings (SSSR count). The van der Waals surface area contributed by atoms with E-state index in [0.29, 0.717) is 0 Å². The van der Waals surface area contributed by atoms with E-state index >= 15 is 0 Å². The Balaban J connectivity index is 1.88. The van der Waals surface area contributed by atoms with Crippen LogP contribution in [0.5, 0.6) is 0 Å². The van der Waals surface area contributed by atoms with Crippen LogP contribution in [0.2, 0.25) is 0 Å². The fraction of sp³-hybridized carbons (Fsp3) is 0.538. The highest BCUT2D eigenvalue weighted by Crippen LogP contribution is 2.10. The lowest BCUT2D eigenvalue weighted by Gasteiger charge is -2.27. The maximum atomic E-state index is 9.21. The summed E-state index contributed by atoms with van der Waals surface area (Å²) in [5.74, 6) is 0. The van der Waals surface area contributed by atoms with Gasteiger partial charge in [-0.3, -0.25) is 5.43 Å². The van der Waals surface area contributed by atoms with Gasteiger partial charge in [0.1, 0.15) is 0 Å². The molecule has 0 bridgehead atoms. The molecule has 1 fully saturated rings. The number of rotatable bonds is 4. The fourth-order valence-corrected chi connectivity index (χ4v) is 2.13. The molecule has 0 atom stereocenters. The average Bonchev–Trinajstić information content (AvgIpc) is 2.38. The number of aliphatic hydroxyl groups excluding tert-OH is 1. The number of nitrogens with zero attached hydrogens (tertiary/aromatic N) is 1.